The number of hydrogen-bond donors (Lipinski definition) is 2. The molecule has 6 nitrogen and oxygen atoms in total. The number of benzene rings is 3. The van der Waals surface area contributed by atoms with Crippen LogP contribution in [0, 0.1) is 0 Å². The number of carboxylic acids is 1. The summed E-state index contributed by atoms with van der Waals surface area (Å²) in [6, 6.07) is 17.1. The maximum Gasteiger partial charge on any atom is 0.328 e. The first-order chi connectivity index (χ1) is 17.4. The molecule has 0 spiro atoms. The molecule has 2 saturated heterocycles. The maximum absolute atomic E-state index is 13.1. The monoisotopic (exact) mass is 524 g/mol. The summed E-state index contributed by atoms with van der Waals surface area (Å²) in [5.74, 6) is -0.209. The lowest BCUT2D eigenvalue weighted by molar-refractivity contribution is -0.131. The molecule has 0 unspecified atom stereocenters. The van der Waals surface area contributed by atoms with Crippen molar-refractivity contribution in [1.82, 2.24) is 10.2 Å². The number of aliphatic carboxylic acids is 1. The second kappa shape index (κ2) is 10.4. The molecule has 0 aromatic heterocycles. The molecule has 0 saturated carbocycles. The Bertz CT molecular complexity index is 1330. The molecular weight excluding hydrogens is 499 g/mol. The van der Waals surface area contributed by atoms with E-state index >= 15 is 0 Å². The molecule has 2 aliphatic heterocycles. The fourth-order valence-electron chi connectivity index (χ4n) is 5.37. The van der Waals surface area contributed by atoms with Crippen LogP contribution in [0.15, 0.2) is 60.7 Å². The van der Waals surface area contributed by atoms with Gasteiger partial charge in [-0.25, -0.2) is 9.59 Å². The van der Waals surface area contributed by atoms with Gasteiger partial charge >= 0.3 is 12.0 Å². The Kier molecular flexibility index (Phi) is 7.08. The van der Waals surface area contributed by atoms with Crippen molar-refractivity contribution in [2.24, 2.45) is 0 Å². The van der Waals surface area contributed by atoms with Crippen molar-refractivity contribution < 1.29 is 19.4 Å². The highest BCUT2D eigenvalue weighted by Gasteiger charge is 2.44. The number of hydrogen-bond acceptors (Lipinski definition) is 3. The highest BCUT2D eigenvalue weighted by Crippen LogP contribution is 2.39. The summed E-state index contributed by atoms with van der Waals surface area (Å²) < 4.78 is 6.49. The Morgan fingerprint density at radius 2 is 1.75 bits per heavy atom. The number of urea groups is 1. The van der Waals surface area contributed by atoms with Crippen molar-refractivity contribution in [3.8, 4) is 5.75 Å². The lowest BCUT2D eigenvalue weighted by Crippen LogP contribution is -2.52. The standard InChI is InChI=1S/C28H26Cl2N2O4/c29-19-8-5-18(25(30)13-19)16-31-28(35)32-20-9-10-21(32)15-22(14-20)36-26-11-6-17(7-12-27(33)34)23-3-1-2-4-24(23)26/h1-8,11-13,20-22H,9-10,14-16H2,(H,31,35)(H,33,34)/b12-7+/t20-,21-/m0/s1. The smallest absolute Gasteiger partial charge is 0.328 e. The van der Waals surface area contributed by atoms with Gasteiger partial charge in [0.2, 0.25) is 0 Å². The molecule has 3 aromatic rings. The molecule has 2 heterocycles. The summed E-state index contributed by atoms with van der Waals surface area (Å²) >= 11 is 12.2. The maximum atomic E-state index is 13.1. The SMILES string of the molecule is O=C(O)/C=C/c1ccc(OC2C[C@@H]3CC[C@@H](C2)N3C(=O)NCc2ccc(Cl)cc2Cl)c2ccccc12. The molecule has 0 radical (unpaired) electrons. The Morgan fingerprint density at radius 1 is 1.03 bits per heavy atom. The van der Waals surface area contributed by atoms with Gasteiger partial charge in [-0.15, -0.1) is 0 Å². The second-order valence-corrected chi connectivity index (χ2v) is 10.1. The molecule has 3 aromatic carbocycles. The summed E-state index contributed by atoms with van der Waals surface area (Å²) in [6.45, 7) is 0.347. The molecule has 2 N–H and O–H groups in total. The number of carbonyl (C=O) groups excluding carboxylic acids is 1. The van der Waals surface area contributed by atoms with Crippen LogP contribution < -0.4 is 10.1 Å². The lowest BCUT2D eigenvalue weighted by Gasteiger charge is -2.39. The van der Waals surface area contributed by atoms with Crippen LogP contribution in [-0.2, 0) is 11.3 Å². The Hall–Kier alpha value is -3.22. The lowest BCUT2D eigenvalue weighted by atomic mass is 9.99. The average Bonchev–Trinajstić information content (AvgIpc) is 3.13. The first-order valence-electron chi connectivity index (χ1n) is 12.0. The van der Waals surface area contributed by atoms with Crippen LogP contribution in [0.3, 0.4) is 0 Å². The number of ether oxygens (including phenoxy) is 1. The van der Waals surface area contributed by atoms with E-state index in [2.05, 4.69) is 5.32 Å². The number of rotatable bonds is 6. The van der Waals surface area contributed by atoms with Crippen molar-refractivity contribution >= 4 is 52.1 Å². The van der Waals surface area contributed by atoms with E-state index in [0.29, 0.717) is 16.6 Å². The summed E-state index contributed by atoms with van der Waals surface area (Å²) in [7, 11) is 0. The van der Waals surface area contributed by atoms with Gasteiger partial charge in [0.25, 0.3) is 0 Å². The molecule has 0 aliphatic carbocycles. The Labute approximate surface area is 219 Å². The van der Waals surface area contributed by atoms with E-state index in [4.69, 9.17) is 33.0 Å². The number of fused-ring (bicyclic) bond motifs is 3. The number of piperidine rings is 1. The van der Waals surface area contributed by atoms with Gasteiger partial charge in [0.05, 0.1) is 0 Å². The van der Waals surface area contributed by atoms with E-state index < -0.39 is 5.97 Å². The second-order valence-electron chi connectivity index (χ2n) is 9.27. The van der Waals surface area contributed by atoms with Crippen LogP contribution in [0.5, 0.6) is 5.75 Å². The molecule has 2 aliphatic rings. The normalized spacial score (nSPS) is 21.2. The van der Waals surface area contributed by atoms with Gasteiger partial charge in [-0.3, -0.25) is 0 Å². The van der Waals surface area contributed by atoms with Gasteiger partial charge in [0.1, 0.15) is 11.9 Å². The summed E-state index contributed by atoms with van der Waals surface area (Å²) in [5.41, 5.74) is 1.65. The van der Waals surface area contributed by atoms with Crippen LogP contribution in [0.25, 0.3) is 16.8 Å². The third-order valence-electron chi connectivity index (χ3n) is 6.99. The van der Waals surface area contributed by atoms with Crippen LogP contribution in [-0.4, -0.2) is 40.2 Å². The average molecular weight is 525 g/mol. The largest absolute Gasteiger partial charge is 0.490 e. The van der Waals surface area contributed by atoms with Crippen molar-refractivity contribution in [3.05, 3.63) is 81.8 Å². The zero-order chi connectivity index (χ0) is 25.2. The van der Waals surface area contributed by atoms with Crippen molar-refractivity contribution in [2.45, 2.75) is 50.4 Å². The minimum atomic E-state index is -0.984. The fraction of sp³-hybridized carbons (Fsp3) is 0.286. The fourth-order valence-corrected chi connectivity index (χ4v) is 5.84. The number of amides is 2. The van der Waals surface area contributed by atoms with E-state index in [9.17, 15) is 9.59 Å². The van der Waals surface area contributed by atoms with E-state index in [1.807, 2.05) is 47.4 Å². The van der Waals surface area contributed by atoms with Gasteiger partial charge in [-0.1, -0.05) is 59.6 Å². The van der Waals surface area contributed by atoms with Crippen molar-refractivity contribution in [1.29, 1.82) is 0 Å². The number of nitrogens with one attached hydrogen (secondary N) is 1. The van der Waals surface area contributed by atoms with Gasteiger partial charge in [-0.2, -0.15) is 0 Å². The molecule has 2 amide bonds. The van der Waals surface area contributed by atoms with E-state index in [1.54, 1.807) is 18.2 Å². The van der Waals surface area contributed by atoms with Crippen LogP contribution in [0.1, 0.15) is 36.8 Å². The number of halogens is 2. The first kappa shape index (κ1) is 24.5. The Morgan fingerprint density at radius 3 is 2.44 bits per heavy atom. The zero-order valence-corrected chi connectivity index (χ0v) is 21.0. The molecule has 8 heteroatoms. The minimum Gasteiger partial charge on any atom is -0.490 e. The molecule has 5 rings (SSSR count). The quantitative estimate of drug-likeness (QED) is 0.359. The molecular formula is C28H26Cl2N2O4. The van der Waals surface area contributed by atoms with Gasteiger partial charge < -0.3 is 20.1 Å². The number of carbonyl (C=O) groups is 2. The van der Waals surface area contributed by atoms with Gasteiger partial charge in [0.15, 0.2) is 0 Å². The van der Waals surface area contributed by atoms with E-state index in [-0.39, 0.29) is 24.2 Å². The third kappa shape index (κ3) is 5.15. The first-order valence-corrected chi connectivity index (χ1v) is 12.7. The zero-order valence-electron chi connectivity index (χ0n) is 19.5. The molecule has 2 fully saturated rings. The molecule has 186 valence electrons. The number of nitrogens with zero attached hydrogens (tertiary/aromatic N) is 1. The molecule has 2 atom stereocenters. The van der Waals surface area contributed by atoms with Crippen molar-refractivity contribution in [3.63, 3.8) is 0 Å². The summed E-state index contributed by atoms with van der Waals surface area (Å²) in [6.07, 6.45) is 6.19. The molecule has 36 heavy (non-hydrogen) atoms. The third-order valence-corrected chi connectivity index (χ3v) is 7.57. The van der Waals surface area contributed by atoms with Gasteiger partial charge in [0, 0.05) is 53.0 Å². The van der Waals surface area contributed by atoms with E-state index in [0.717, 1.165) is 59.4 Å². The van der Waals surface area contributed by atoms with E-state index in [1.165, 1.54) is 0 Å². The molecule has 2 bridgehead atoms. The summed E-state index contributed by atoms with van der Waals surface area (Å²) in [4.78, 5) is 26.0. The predicted molar refractivity (Wildman–Crippen MR) is 142 cm³/mol. The van der Waals surface area contributed by atoms with Crippen LogP contribution in [0.4, 0.5) is 4.79 Å². The van der Waals surface area contributed by atoms with Crippen LogP contribution >= 0.6 is 23.2 Å². The minimum absolute atomic E-state index is 0.000998. The van der Waals surface area contributed by atoms with Crippen LogP contribution in [0.2, 0.25) is 10.0 Å². The highest BCUT2D eigenvalue weighted by atomic mass is 35.5. The van der Waals surface area contributed by atoms with Gasteiger partial charge in [-0.05, 0) is 53.6 Å². The number of carboxylic acid groups (broad SMARTS) is 1. The Balaban J connectivity index is 1.26. The highest BCUT2D eigenvalue weighted by molar-refractivity contribution is 6.35. The predicted octanol–water partition coefficient (Wildman–Crippen LogP) is 6.53. The topological polar surface area (TPSA) is 78.9 Å². The van der Waals surface area contributed by atoms with Crippen molar-refractivity contribution in [2.75, 3.05) is 0 Å². The summed E-state index contributed by atoms with van der Waals surface area (Å²) in [5, 5.41) is 15.0.